The fourth-order valence-electron chi connectivity index (χ4n) is 1.28. The Balaban J connectivity index is 2.53. The molecule has 0 amide bonds. The average Bonchev–Trinajstić information content (AvgIpc) is 2.49. The summed E-state index contributed by atoms with van der Waals surface area (Å²) in [5.74, 6) is -0.519. The number of methoxy groups -OCH3 is 1. The summed E-state index contributed by atoms with van der Waals surface area (Å²) < 4.78 is 10.3. The van der Waals surface area contributed by atoms with E-state index in [9.17, 15) is 4.79 Å². The molecule has 5 nitrogen and oxygen atoms in total. The summed E-state index contributed by atoms with van der Waals surface area (Å²) >= 11 is 0. The third-order valence-corrected chi connectivity index (χ3v) is 2.10. The molecular formula is C8H14O5. The van der Waals surface area contributed by atoms with Crippen LogP contribution in [0.25, 0.3) is 0 Å². The summed E-state index contributed by atoms with van der Waals surface area (Å²) in [7, 11) is 2.82. The molecule has 0 bridgehead atoms. The highest BCUT2D eigenvalue weighted by Gasteiger charge is 2.44. The lowest BCUT2D eigenvalue weighted by Crippen LogP contribution is -2.37. The molecule has 76 valence electrons. The van der Waals surface area contributed by atoms with Gasteiger partial charge < -0.3 is 9.47 Å². The highest BCUT2D eigenvalue weighted by molar-refractivity contribution is 5.78. The lowest BCUT2D eigenvalue weighted by Gasteiger charge is -2.20. The van der Waals surface area contributed by atoms with Crippen molar-refractivity contribution in [3.05, 3.63) is 0 Å². The van der Waals surface area contributed by atoms with Crippen LogP contribution in [-0.2, 0) is 24.0 Å². The van der Waals surface area contributed by atoms with E-state index >= 15 is 0 Å². The zero-order valence-corrected chi connectivity index (χ0v) is 8.03. The van der Waals surface area contributed by atoms with Gasteiger partial charge in [0.15, 0.2) is 11.9 Å². The minimum atomic E-state index is -0.934. The van der Waals surface area contributed by atoms with Gasteiger partial charge >= 0.3 is 5.97 Å². The Bertz CT molecular complexity index is 193. The molecule has 0 radical (unpaired) electrons. The summed E-state index contributed by atoms with van der Waals surface area (Å²) in [6.45, 7) is 1.66. The summed E-state index contributed by atoms with van der Waals surface area (Å²) in [4.78, 5) is 20.0. The normalized spacial score (nSPS) is 33.3. The smallest absolute Gasteiger partial charge is 0.356 e. The molecule has 0 saturated carbocycles. The first-order valence-electron chi connectivity index (χ1n) is 4.08. The van der Waals surface area contributed by atoms with Gasteiger partial charge in [-0.3, -0.25) is 4.89 Å². The van der Waals surface area contributed by atoms with Crippen molar-refractivity contribution in [1.82, 2.24) is 0 Å². The topological polar surface area (TPSA) is 54.0 Å². The van der Waals surface area contributed by atoms with Crippen LogP contribution in [0.1, 0.15) is 19.8 Å². The lowest BCUT2D eigenvalue weighted by atomic mass is 10.0. The maximum atomic E-state index is 11.3. The Labute approximate surface area is 76.8 Å². The van der Waals surface area contributed by atoms with E-state index in [1.807, 2.05) is 0 Å². The van der Waals surface area contributed by atoms with E-state index in [0.717, 1.165) is 0 Å². The van der Waals surface area contributed by atoms with Crippen molar-refractivity contribution >= 4 is 5.97 Å². The highest BCUT2D eigenvalue weighted by atomic mass is 17.2. The number of rotatable bonds is 3. The molecule has 2 atom stereocenters. The maximum absolute atomic E-state index is 11.3. The Morgan fingerprint density at radius 2 is 2.23 bits per heavy atom. The van der Waals surface area contributed by atoms with Crippen LogP contribution in [0, 0.1) is 0 Å². The van der Waals surface area contributed by atoms with Crippen molar-refractivity contribution in [2.45, 2.75) is 31.7 Å². The van der Waals surface area contributed by atoms with Gasteiger partial charge in [-0.25, -0.2) is 4.79 Å². The molecular weight excluding hydrogens is 176 g/mol. The van der Waals surface area contributed by atoms with E-state index in [4.69, 9.17) is 9.47 Å². The molecule has 1 fully saturated rings. The molecule has 13 heavy (non-hydrogen) atoms. The Kier molecular flexibility index (Phi) is 3.24. The van der Waals surface area contributed by atoms with Crippen LogP contribution in [0.2, 0.25) is 0 Å². The van der Waals surface area contributed by atoms with Crippen molar-refractivity contribution < 1.29 is 24.0 Å². The largest absolute Gasteiger partial charge is 0.373 e. The second-order valence-corrected chi connectivity index (χ2v) is 3.09. The zero-order valence-electron chi connectivity index (χ0n) is 8.03. The quantitative estimate of drug-likeness (QED) is 0.482. The van der Waals surface area contributed by atoms with E-state index in [2.05, 4.69) is 9.78 Å². The first-order chi connectivity index (χ1) is 6.12. The Morgan fingerprint density at radius 3 is 2.69 bits per heavy atom. The van der Waals surface area contributed by atoms with Gasteiger partial charge in [-0.15, -0.1) is 0 Å². The number of hydrogen-bond acceptors (Lipinski definition) is 5. The van der Waals surface area contributed by atoms with Crippen molar-refractivity contribution in [3.8, 4) is 0 Å². The fourth-order valence-corrected chi connectivity index (χ4v) is 1.28. The van der Waals surface area contributed by atoms with Gasteiger partial charge in [0, 0.05) is 13.5 Å². The third-order valence-electron chi connectivity index (χ3n) is 2.10. The van der Waals surface area contributed by atoms with Crippen molar-refractivity contribution in [2.24, 2.45) is 0 Å². The van der Waals surface area contributed by atoms with E-state index in [1.54, 1.807) is 6.92 Å². The van der Waals surface area contributed by atoms with Gasteiger partial charge in [0.2, 0.25) is 0 Å². The monoisotopic (exact) mass is 190 g/mol. The SMILES string of the molecule is COOC(=O)C1(C)CCC(OC)O1. The van der Waals surface area contributed by atoms with Crippen molar-refractivity contribution in [3.63, 3.8) is 0 Å². The molecule has 0 aromatic heterocycles. The van der Waals surface area contributed by atoms with Gasteiger partial charge in [0.1, 0.15) is 0 Å². The molecule has 0 N–H and O–H groups in total. The average molecular weight is 190 g/mol. The predicted molar refractivity (Wildman–Crippen MR) is 42.6 cm³/mol. The third kappa shape index (κ3) is 2.18. The van der Waals surface area contributed by atoms with Crippen LogP contribution in [0.5, 0.6) is 0 Å². The van der Waals surface area contributed by atoms with Crippen LogP contribution in [-0.4, -0.2) is 32.1 Å². The van der Waals surface area contributed by atoms with Gasteiger partial charge in [-0.05, 0) is 13.3 Å². The second kappa shape index (κ2) is 4.04. The summed E-state index contributed by atoms with van der Waals surface area (Å²) in [6, 6.07) is 0. The Hall–Kier alpha value is -0.650. The van der Waals surface area contributed by atoms with Gasteiger partial charge in [-0.1, -0.05) is 0 Å². The lowest BCUT2D eigenvalue weighted by molar-refractivity contribution is -0.275. The molecule has 0 aliphatic carbocycles. The highest BCUT2D eigenvalue weighted by Crippen LogP contribution is 2.31. The van der Waals surface area contributed by atoms with Crippen LogP contribution in [0.3, 0.4) is 0 Å². The molecule has 2 unspecified atom stereocenters. The number of carbonyl (C=O) groups excluding carboxylic acids is 1. The molecule has 1 rings (SSSR count). The summed E-state index contributed by atoms with van der Waals surface area (Å²) in [5, 5.41) is 0. The van der Waals surface area contributed by atoms with Gasteiger partial charge in [-0.2, -0.15) is 4.89 Å². The zero-order chi connectivity index (χ0) is 9.90. The number of ether oxygens (including phenoxy) is 2. The fraction of sp³-hybridized carbons (Fsp3) is 0.875. The van der Waals surface area contributed by atoms with Crippen molar-refractivity contribution in [1.29, 1.82) is 0 Å². The second-order valence-electron chi connectivity index (χ2n) is 3.09. The summed E-state index contributed by atoms with van der Waals surface area (Å²) in [5.41, 5.74) is -0.934. The minimum absolute atomic E-state index is 0.325. The number of hydrogen-bond donors (Lipinski definition) is 0. The number of carbonyl (C=O) groups is 1. The van der Waals surface area contributed by atoms with E-state index < -0.39 is 11.6 Å². The standard InChI is InChI=1S/C8H14O5/c1-8(7(9)13-11-3)5-4-6(10-2)12-8/h6H,4-5H2,1-3H3. The molecule has 5 heteroatoms. The predicted octanol–water partition coefficient (Wildman–Crippen LogP) is 0.633. The molecule has 1 aliphatic heterocycles. The van der Waals surface area contributed by atoms with Gasteiger partial charge in [0.05, 0.1) is 7.11 Å². The molecule has 0 aromatic carbocycles. The van der Waals surface area contributed by atoms with Crippen molar-refractivity contribution in [2.75, 3.05) is 14.2 Å². The van der Waals surface area contributed by atoms with E-state index in [-0.39, 0.29) is 6.29 Å². The Morgan fingerprint density at radius 1 is 1.54 bits per heavy atom. The molecule has 1 saturated heterocycles. The molecule has 1 aliphatic rings. The van der Waals surface area contributed by atoms with Crippen LogP contribution >= 0.6 is 0 Å². The van der Waals surface area contributed by atoms with Crippen LogP contribution < -0.4 is 0 Å². The maximum Gasteiger partial charge on any atom is 0.373 e. The first kappa shape index (κ1) is 10.4. The van der Waals surface area contributed by atoms with E-state index in [0.29, 0.717) is 12.8 Å². The molecule has 1 heterocycles. The van der Waals surface area contributed by atoms with Crippen LogP contribution in [0.15, 0.2) is 0 Å². The molecule has 0 aromatic rings. The van der Waals surface area contributed by atoms with E-state index in [1.165, 1.54) is 14.2 Å². The van der Waals surface area contributed by atoms with Gasteiger partial charge in [0.25, 0.3) is 0 Å². The molecule has 0 spiro atoms. The van der Waals surface area contributed by atoms with Crippen LogP contribution in [0.4, 0.5) is 0 Å². The minimum Gasteiger partial charge on any atom is -0.356 e. The first-order valence-corrected chi connectivity index (χ1v) is 4.08. The summed E-state index contributed by atoms with van der Waals surface area (Å²) in [6.07, 6.45) is 0.939.